The fourth-order valence-electron chi connectivity index (χ4n) is 3.04. The Morgan fingerprint density at radius 1 is 1.43 bits per heavy atom. The van der Waals surface area contributed by atoms with Crippen molar-refractivity contribution in [2.75, 3.05) is 19.6 Å². The van der Waals surface area contributed by atoms with Gasteiger partial charge in [0.15, 0.2) is 0 Å². The SMILES string of the molecule is C#CC1=C[C@@H](N2CCN(C(=O)OC(C)(C)C)C[C@H]2C)CC1. The lowest BCUT2D eigenvalue weighted by atomic mass is 10.1. The van der Waals surface area contributed by atoms with Crippen molar-refractivity contribution in [1.82, 2.24) is 9.80 Å². The predicted molar refractivity (Wildman–Crippen MR) is 83.9 cm³/mol. The maximum atomic E-state index is 12.1. The summed E-state index contributed by atoms with van der Waals surface area (Å²) in [5, 5.41) is 0. The molecule has 0 bridgehead atoms. The Labute approximate surface area is 128 Å². The molecule has 0 aromatic rings. The van der Waals surface area contributed by atoms with Gasteiger partial charge in [0.25, 0.3) is 0 Å². The average molecular weight is 290 g/mol. The standard InChI is InChI=1S/C17H26N2O2/c1-6-14-7-8-15(11-14)19-10-9-18(12-13(19)2)16(20)21-17(3,4)5/h1,11,13,15H,7-10,12H2,2-5H3/t13-,15+/m1/s1. The Hall–Kier alpha value is -1.47. The van der Waals surface area contributed by atoms with Crippen LogP contribution in [0.2, 0.25) is 0 Å². The van der Waals surface area contributed by atoms with Crippen LogP contribution in [0.1, 0.15) is 40.5 Å². The molecule has 1 amide bonds. The second-order valence-corrected chi connectivity index (χ2v) is 6.96. The van der Waals surface area contributed by atoms with Crippen LogP contribution in [-0.4, -0.2) is 53.2 Å². The summed E-state index contributed by atoms with van der Waals surface area (Å²) < 4.78 is 5.45. The number of ether oxygens (including phenoxy) is 1. The monoisotopic (exact) mass is 290 g/mol. The van der Waals surface area contributed by atoms with Crippen LogP contribution in [-0.2, 0) is 4.74 Å². The van der Waals surface area contributed by atoms with Crippen LogP contribution in [0.3, 0.4) is 0 Å². The third-order valence-electron chi connectivity index (χ3n) is 4.04. The highest BCUT2D eigenvalue weighted by molar-refractivity contribution is 5.68. The van der Waals surface area contributed by atoms with Gasteiger partial charge < -0.3 is 9.64 Å². The number of hydrogen-bond acceptors (Lipinski definition) is 3. The molecule has 1 heterocycles. The van der Waals surface area contributed by atoms with Gasteiger partial charge in [-0.15, -0.1) is 6.42 Å². The number of carbonyl (C=O) groups is 1. The molecular formula is C17H26N2O2. The number of nitrogens with zero attached hydrogens (tertiary/aromatic N) is 2. The summed E-state index contributed by atoms with van der Waals surface area (Å²) in [5.74, 6) is 2.75. The van der Waals surface area contributed by atoms with E-state index in [4.69, 9.17) is 11.2 Å². The molecule has 2 aliphatic rings. The third-order valence-corrected chi connectivity index (χ3v) is 4.04. The second kappa shape index (κ2) is 6.11. The minimum Gasteiger partial charge on any atom is -0.444 e. The Morgan fingerprint density at radius 3 is 2.67 bits per heavy atom. The molecule has 1 saturated heterocycles. The zero-order chi connectivity index (χ0) is 15.6. The molecule has 0 spiro atoms. The number of amides is 1. The highest BCUT2D eigenvalue weighted by Crippen LogP contribution is 2.26. The van der Waals surface area contributed by atoms with Crippen LogP contribution in [0.25, 0.3) is 0 Å². The lowest BCUT2D eigenvalue weighted by Gasteiger charge is -2.42. The van der Waals surface area contributed by atoms with E-state index in [9.17, 15) is 4.79 Å². The molecule has 1 fully saturated rings. The van der Waals surface area contributed by atoms with E-state index in [1.807, 2.05) is 25.7 Å². The van der Waals surface area contributed by atoms with E-state index in [-0.39, 0.29) is 6.09 Å². The van der Waals surface area contributed by atoms with Gasteiger partial charge in [0.1, 0.15) is 5.60 Å². The predicted octanol–water partition coefficient (Wildman–Crippen LogP) is 2.65. The Bertz CT molecular complexity index is 470. The quantitative estimate of drug-likeness (QED) is 0.696. The van der Waals surface area contributed by atoms with E-state index in [0.29, 0.717) is 18.6 Å². The molecule has 0 saturated carbocycles. The molecule has 21 heavy (non-hydrogen) atoms. The van der Waals surface area contributed by atoms with Crippen LogP contribution in [0.4, 0.5) is 4.79 Å². The van der Waals surface area contributed by atoms with Crippen LogP contribution < -0.4 is 0 Å². The summed E-state index contributed by atoms with van der Waals surface area (Å²) in [7, 11) is 0. The molecule has 116 valence electrons. The van der Waals surface area contributed by atoms with Crippen LogP contribution in [0, 0.1) is 12.3 Å². The van der Waals surface area contributed by atoms with Crippen LogP contribution >= 0.6 is 0 Å². The number of rotatable bonds is 1. The molecule has 4 heteroatoms. The molecule has 0 radical (unpaired) electrons. The maximum Gasteiger partial charge on any atom is 0.410 e. The van der Waals surface area contributed by atoms with Crippen molar-refractivity contribution in [1.29, 1.82) is 0 Å². The van der Waals surface area contributed by atoms with Gasteiger partial charge >= 0.3 is 6.09 Å². The first-order valence-electron chi connectivity index (χ1n) is 7.71. The topological polar surface area (TPSA) is 32.8 Å². The summed E-state index contributed by atoms with van der Waals surface area (Å²) in [6.07, 6.45) is 9.57. The molecule has 1 aliphatic carbocycles. The number of piperazine rings is 1. The van der Waals surface area contributed by atoms with Crippen molar-refractivity contribution in [3.8, 4) is 12.3 Å². The van der Waals surface area contributed by atoms with Crippen LogP contribution in [0.15, 0.2) is 11.6 Å². The zero-order valence-corrected chi connectivity index (χ0v) is 13.6. The maximum absolute atomic E-state index is 12.1. The lowest BCUT2D eigenvalue weighted by Crippen LogP contribution is -2.56. The first-order valence-corrected chi connectivity index (χ1v) is 7.71. The largest absolute Gasteiger partial charge is 0.444 e. The Morgan fingerprint density at radius 2 is 2.14 bits per heavy atom. The molecule has 2 atom stereocenters. The van der Waals surface area contributed by atoms with Gasteiger partial charge in [-0.1, -0.05) is 12.0 Å². The molecule has 0 aromatic carbocycles. The minimum atomic E-state index is -0.437. The van der Waals surface area contributed by atoms with E-state index in [0.717, 1.165) is 31.5 Å². The minimum absolute atomic E-state index is 0.208. The van der Waals surface area contributed by atoms with Gasteiger partial charge in [-0.25, -0.2) is 4.79 Å². The van der Waals surface area contributed by atoms with Gasteiger partial charge in [0, 0.05) is 31.7 Å². The van der Waals surface area contributed by atoms with E-state index in [1.165, 1.54) is 0 Å². The molecule has 0 unspecified atom stereocenters. The molecule has 0 N–H and O–H groups in total. The highest BCUT2D eigenvalue weighted by atomic mass is 16.6. The molecule has 0 aromatic heterocycles. The van der Waals surface area contributed by atoms with Gasteiger partial charge in [0.2, 0.25) is 0 Å². The number of carbonyl (C=O) groups excluding carboxylic acids is 1. The van der Waals surface area contributed by atoms with E-state index < -0.39 is 5.60 Å². The smallest absolute Gasteiger partial charge is 0.410 e. The number of terminal acetylenes is 1. The molecular weight excluding hydrogens is 264 g/mol. The van der Waals surface area contributed by atoms with Crippen molar-refractivity contribution in [3.63, 3.8) is 0 Å². The first-order chi connectivity index (χ1) is 9.80. The zero-order valence-electron chi connectivity index (χ0n) is 13.6. The number of hydrogen-bond donors (Lipinski definition) is 0. The van der Waals surface area contributed by atoms with Gasteiger partial charge in [-0.2, -0.15) is 0 Å². The average Bonchev–Trinajstić information content (AvgIpc) is 2.85. The van der Waals surface area contributed by atoms with Gasteiger partial charge in [0.05, 0.1) is 0 Å². The first kappa shape index (κ1) is 15.9. The summed E-state index contributed by atoms with van der Waals surface area (Å²) in [6, 6.07) is 0.747. The van der Waals surface area contributed by atoms with Crippen molar-refractivity contribution in [3.05, 3.63) is 11.6 Å². The number of allylic oxidation sites excluding steroid dienone is 1. The van der Waals surface area contributed by atoms with Crippen molar-refractivity contribution in [2.24, 2.45) is 0 Å². The van der Waals surface area contributed by atoms with E-state index in [2.05, 4.69) is 23.8 Å². The highest BCUT2D eigenvalue weighted by Gasteiger charge is 2.33. The fourth-order valence-corrected chi connectivity index (χ4v) is 3.04. The summed E-state index contributed by atoms with van der Waals surface area (Å²) in [5.41, 5.74) is 0.676. The molecule has 4 nitrogen and oxygen atoms in total. The van der Waals surface area contributed by atoms with Gasteiger partial charge in [-0.05, 0) is 46.1 Å². The van der Waals surface area contributed by atoms with Crippen molar-refractivity contribution >= 4 is 6.09 Å². The summed E-state index contributed by atoms with van der Waals surface area (Å²) in [6.45, 7) is 10.2. The summed E-state index contributed by atoms with van der Waals surface area (Å²) >= 11 is 0. The lowest BCUT2D eigenvalue weighted by molar-refractivity contribution is 0.00164. The molecule has 1 aliphatic heterocycles. The second-order valence-electron chi connectivity index (χ2n) is 6.96. The Balaban J connectivity index is 1.92. The summed E-state index contributed by atoms with van der Waals surface area (Å²) in [4.78, 5) is 16.4. The van der Waals surface area contributed by atoms with Crippen molar-refractivity contribution < 1.29 is 9.53 Å². The third kappa shape index (κ3) is 4.01. The normalized spacial score (nSPS) is 27.2. The molecule has 2 rings (SSSR count). The fraction of sp³-hybridized carbons (Fsp3) is 0.706. The van der Waals surface area contributed by atoms with Gasteiger partial charge in [-0.3, -0.25) is 4.90 Å². The van der Waals surface area contributed by atoms with Crippen LogP contribution in [0.5, 0.6) is 0 Å². The van der Waals surface area contributed by atoms with E-state index >= 15 is 0 Å². The Kier molecular flexibility index (Phi) is 4.63. The van der Waals surface area contributed by atoms with Crippen molar-refractivity contribution in [2.45, 2.75) is 58.2 Å². The van der Waals surface area contributed by atoms with E-state index in [1.54, 1.807) is 0 Å².